The van der Waals surface area contributed by atoms with E-state index in [4.69, 9.17) is 5.73 Å². The van der Waals surface area contributed by atoms with Crippen LogP contribution in [0.1, 0.15) is 41.9 Å². The van der Waals surface area contributed by atoms with Gasteiger partial charge in [0.2, 0.25) is 0 Å². The quantitative estimate of drug-likeness (QED) is 0.904. The molecule has 0 spiro atoms. The minimum Gasteiger partial charge on any atom is -0.367 e. The molecule has 2 N–H and O–H groups in total. The van der Waals surface area contributed by atoms with Gasteiger partial charge in [0.15, 0.2) is 0 Å². The topological polar surface area (TPSA) is 29.3 Å². The molecule has 4 heteroatoms. The van der Waals surface area contributed by atoms with E-state index >= 15 is 0 Å². The summed E-state index contributed by atoms with van der Waals surface area (Å²) in [6.45, 7) is 5.82. The van der Waals surface area contributed by atoms with Crippen molar-refractivity contribution in [3.8, 4) is 0 Å². The largest absolute Gasteiger partial charge is 0.367 e. The summed E-state index contributed by atoms with van der Waals surface area (Å²) in [5.74, 6) is -0.196. The molecule has 0 fully saturated rings. The van der Waals surface area contributed by atoms with Crippen molar-refractivity contribution in [1.29, 1.82) is 0 Å². The normalized spacial score (nSPS) is 14.1. The molecule has 0 aliphatic rings. The van der Waals surface area contributed by atoms with Gasteiger partial charge in [0.25, 0.3) is 0 Å². The van der Waals surface area contributed by atoms with E-state index in [-0.39, 0.29) is 17.9 Å². The van der Waals surface area contributed by atoms with Crippen molar-refractivity contribution in [2.45, 2.75) is 32.9 Å². The molecule has 0 radical (unpaired) electrons. The van der Waals surface area contributed by atoms with Crippen LogP contribution in [0.3, 0.4) is 0 Å². The highest BCUT2D eigenvalue weighted by Gasteiger charge is 2.19. The Balaban J connectivity index is 2.43. The number of rotatable bonds is 4. The van der Waals surface area contributed by atoms with E-state index in [0.29, 0.717) is 5.56 Å². The van der Waals surface area contributed by atoms with Gasteiger partial charge in [0.05, 0.1) is 6.04 Å². The molecule has 108 valence electrons. The van der Waals surface area contributed by atoms with Gasteiger partial charge in [0.1, 0.15) is 5.82 Å². The second-order valence-corrected chi connectivity index (χ2v) is 6.23. The molecule has 1 heterocycles. The third-order valence-corrected chi connectivity index (χ3v) is 4.76. The SMILES string of the molecule is Cc1cc(N(C)C(C)c2cccs2)c(C(C)N)cc1F. The predicted octanol–water partition coefficient (Wildman–Crippen LogP) is 4.41. The summed E-state index contributed by atoms with van der Waals surface area (Å²) in [6, 6.07) is 7.65. The number of thiophene rings is 1. The number of halogens is 1. The van der Waals surface area contributed by atoms with Crippen LogP contribution in [0.15, 0.2) is 29.6 Å². The first kappa shape index (κ1) is 15.0. The standard InChI is InChI=1S/C16H21FN2S/c1-10-8-15(13(11(2)18)9-14(10)17)19(4)12(3)16-6-5-7-20-16/h5-9,11-12H,18H2,1-4H3. The molecule has 0 aliphatic heterocycles. The zero-order chi connectivity index (χ0) is 14.9. The van der Waals surface area contributed by atoms with Gasteiger partial charge in [-0.25, -0.2) is 4.39 Å². The number of hydrogen-bond acceptors (Lipinski definition) is 3. The number of nitrogens with two attached hydrogens (primary N) is 1. The lowest BCUT2D eigenvalue weighted by molar-refractivity contribution is 0.611. The number of nitrogens with zero attached hydrogens (tertiary/aromatic N) is 1. The van der Waals surface area contributed by atoms with Gasteiger partial charge >= 0.3 is 0 Å². The number of aryl methyl sites for hydroxylation is 1. The molecular formula is C16H21FN2S. The van der Waals surface area contributed by atoms with E-state index in [1.165, 1.54) is 4.88 Å². The second kappa shape index (κ2) is 5.94. The molecule has 0 saturated carbocycles. The first-order valence-electron chi connectivity index (χ1n) is 6.73. The molecule has 0 amide bonds. The smallest absolute Gasteiger partial charge is 0.126 e. The summed E-state index contributed by atoms with van der Waals surface area (Å²) in [5, 5.41) is 2.07. The second-order valence-electron chi connectivity index (χ2n) is 5.25. The third kappa shape index (κ3) is 2.86. The van der Waals surface area contributed by atoms with E-state index in [9.17, 15) is 4.39 Å². The van der Waals surface area contributed by atoms with E-state index in [0.717, 1.165) is 11.3 Å². The summed E-state index contributed by atoms with van der Waals surface area (Å²) >= 11 is 1.73. The van der Waals surface area contributed by atoms with Crippen LogP contribution >= 0.6 is 11.3 Å². The summed E-state index contributed by atoms with van der Waals surface area (Å²) in [6.07, 6.45) is 0. The first-order chi connectivity index (χ1) is 9.41. The van der Waals surface area contributed by atoms with Crippen LogP contribution in [-0.4, -0.2) is 7.05 Å². The lowest BCUT2D eigenvalue weighted by atomic mass is 10.0. The molecule has 2 atom stereocenters. The monoisotopic (exact) mass is 292 g/mol. The highest BCUT2D eigenvalue weighted by molar-refractivity contribution is 7.10. The molecule has 2 unspecified atom stereocenters. The van der Waals surface area contributed by atoms with E-state index in [1.54, 1.807) is 24.3 Å². The zero-order valence-corrected chi connectivity index (χ0v) is 13.2. The molecule has 1 aromatic heterocycles. The molecule has 0 bridgehead atoms. The van der Waals surface area contributed by atoms with Gasteiger partial charge in [-0.15, -0.1) is 11.3 Å². The maximum Gasteiger partial charge on any atom is 0.126 e. The molecular weight excluding hydrogens is 271 g/mol. The van der Waals surface area contributed by atoms with Crippen LogP contribution < -0.4 is 10.6 Å². The Labute approximate surface area is 124 Å². The Bertz CT molecular complexity index is 578. The number of anilines is 1. The molecule has 20 heavy (non-hydrogen) atoms. The van der Waals surface area contributed by atoms with Gasteiger partial charge < -0.3 is 10.6 Å². The summed E-state index contributed by atoms with van der Waals surface area (Å²) in [5.41, 5.74) is 8.49. The maximum atomic E-state index is 13.8. The predicted molar refractivity (Wildman–Crippen MR) is 84.9 cm³/mol. The lowest BCUT2D eigenvalue weighted by Crippen LogP contribution is -2.24. The average molecular weight is 292 g/mol. The highest BCUT2D eigenvalue weighted by Crippen LogP contribution is 2.34. The lowest BCUT2D eigenvalue weighted by Gasteiger charge is -2.30. The fraction of sp³-hybridized carbons (Fsp3) is 0.375. The maximum absolute atomic E-state index is 13.8. The van der Waals surface area contributed by atoms with Crippen molar-refractivity contribution in [3.05, 3.63) is 51.5 Å². The van der Waals surface area contributed by atoms with Crippen LogP contribution in [0.4, 0.5) is 10.1 Å². The van der Waals surface area contributed by atoms with Gasteiger partial charge in [0, 0.05) is 23.7 Å². The molecule has 0 aliphatic carbocycles. The minimum atomic E-state index is -0.196. The van der Waals surface area contributed by atoms with Gasteiger partial charge in [-0.05, 0) is 55.5 Å². The van der Waals surface area contributed by atoms with Crippen LogP contribution in [0.25, 0.3) is 0 Å². The molecule has 2 aromatic rings. The fourth-order valence-electron chi connectivity index (χ4n) is 2.28. The van der Waals surface area contributed by atoms with Gasteiger partial charge in [-0.3, -0.25) is 0 Å². The zero-order valence-electron chi connectivity index (χ0n) is 12.4. The number of hydrogen-bond donors (Lipinski definition) is 1. The van der Waals surface area contributed by atoms with Crippen LogP contribution in [0.5, 0.6) is 0 Å². The third-order valence-electron chi connectivity index (χ3n) is 3.71. The fourth-order valence-corrected chi connectivity index (χ4v) is 3.11. The first-order valence-corrected chi connectivity index (χ1v) is 7.61. The van der Waals surface area contributed by atoms with E-state index in [2.05, 4.69) is 23.3 Å². The molecule has 0 saturated heterocycles. The minimum absolute atomic E-state index is 0.196. The Hall–Kier alpha value is -1.39. The summed E-state index contributed by atoms with van der Waals surface area (Å²) in [4.78, 5) is 3.45. The molecule has 2 nitrogen and oxygen atoms in total. The van der Waals surface area contributed by atoms with Crippen molar-refractivity contribution < 1.29 is 4.39 Å². The van der Waals surface area contributed by atoms with E-state index < -0.39 is 0 Å². The Morgan fingerprint density at radius 2 is 2.00 bits per heavy atom. The van der Waals surface area contributed by atoms with E-state index in [1.807, 2.05) is 26.1 Å². The van der Waals surface area contributed by atoms with Crippen LogP contribution in [0.2, 0.25) is 0 Å². The summed E-state index contributed by atoms with van der Waals surface area (Å²) < 4.78 is 13.8. The van der Waals surface area contributed by atoms with Crippen molar-refractivity contribution in [2.24, 2.45) is 5.73 Å². The van der Waals surface area contributed by atoms with Crippen molar-refractivity contribution >= 4 is 17.0 Å². The highest BCUT2D eigenvalue weighted by atomic mass is 32.1. The Morgan fingerprint density at radius 3 is 2.55 bits per heavy atom. The summed E-state index contributed by atoms with van der Waals surface area (Å²) in [7, 11) is 2.03. The Kier molecular flexibility index (Phi) is 4.45. The van der Waals surface area contributed by atoms with Gasteiger partial charge in [-0.2, -0.15) is 0 Å². The average Bonchev–Trinajstić information content (AvgIpc) is 2.93. The molecule has 2 rings (SSSR count). The van der Waals surface area contributed by atoms with Crippen LogP contribution in [0, 0.1) is 12.7 Å². The Morgan fingerprint density at radius 1 is 1.30 bits per heavy atom. The van der Waals surface area contributed by atoms with Crippen LogP contribution in [-0.2, 0) is 0 Å². The number of benzene rings is 1. The van der Waals surface area contributed by atoms with Crippen molar-refractivity contribution in [2.75, 3.05) is 11.9 Å². The van der Waals surface area contributed by atoms with Crippen molar-refractivity contribution in [1.82, 2.24) is 0 Å². The van der Waals surface area contributed by atoms with Gasteiger partial charge in [-0.1, -0.05) is 6.07 Å². The molecule has 1 aromatic carbocycles. The van der Waals surface area contributed by atoms with Crippen molar-refractivity contribution in [3.63, 3.8) is 0 Å².